The molecule has 0 radical (unpaired) electrons. The SMILES string of the molecule is O=C=Nc1ccc(CC2=CCC(N=C=O)C=C2)cc1. The molecular formula is C15H12N2O2. The maximum Gasteiger partial charge on any atom is 0.240 e. The second kappa shape index (κ2) is 6.41. The minimum Gasteiger partial charge on any atom is -0.211 e. The third-order valence-electron chi connectivity index (χ3n) is 2.89. The van der Waals surface area contributed by atoms with Gasteiger partial charge in [0.2, 0.25) is 12.2 Å². The quantitative estimate of drug-likeness (QED) is 0.611. The van der Waals surface area contributed by atoms with Crippen LogP contribution in [0.4, 0.5) is 5.69 Å². The summed E-state index contributed by atoms with van der Waals surface area (Å²) in [7, 11) is 0. The first kappa shape index (κ1) is 12.9. The molecule has 1 aromatic rings. The summed E-state index contributed by atoms with van der Waals surface area (Å²) < 4.78 is 0. The number of hydrogen-bond donors (Lipinski definition) is 0. The van der Waals surface area contributed by atoms with Gasteiger partial charge in [-0.1, -0.05) is 30.4 Å². The summed E-state index contributed by atoms with van der Waals surface area (Å²) in [5, 5.41) is 0. The Morgan fingerprint density at radius 3 is 2.53 bits per heavy atom. The maximum absolute atomic E-state index is 10.1. The Hall–Kier alpha value is -2.54. The number of carbonyl (C=O) groups excluding carboxylic acids is 2. The van der Waals surface area contributed by atoms with Crippen LogP contribution in [-0.4, -0.2) is 18.2 Å². The van der Waals surface area contributed by atoms with Crippen molar-refractivity contribution in [1.29, 1.82) is 0 Å². The number of aliphatic imine (C=N–C) groups is 2. The maximum atomic E-state index is 10.1. The molecule has 1 aromatic carbocycles. The average Bonchev–Trinajstić information content (AvgIpc) is 2.44. The van der Waals surface area contributed by atoms with Crippen LogP contribution < -0.4 is 0 Å². The van der Waals surface area contributed by atoms with E-state index in [9.17, 15) is 9.59 Å². The summed E-state index contributed by atoms with van der Waals surface area (Å²) in [5.41, 5.74) is 2.93. The molecule has 19 heavy (non-hydrogen) atoms. The first-order valence-corrected chi connectivity index (χ1v) is 5.93. The zero-order valence-corrected chi connectivity index (χ0v) is 10.2. The summed E-state index contributed by atoms with van der Waals surface area (Å²) in [5.74, 6) is 0. The van der Waals surface area contributed by atoms with Gasteiger partial charge in [0.05, 0.1) is 11.7 Å². The first-order chi connectivity index (χ1) is 9.31. The van der Waals surface area contributed by atoms with E-state index in [4.69, 9.17) is 0 Å². The van der Waals surface area contributed by atoms with E-state index in [1.54, 1.807) is 18.2 Å². The Bertz CT molecular complexity index is 602. The second-order valence-electron chi connectivity index (χ2n) is 4.21. The van der Waals surface area contributed by atoms with Crippen LogP contribution in [0.1, 0.15) is 12.0 Å². The highest BCUT2D eigenvalue weighted by atomic mass is 16.1. The van der Waals surface area contributed by atoms with Crippen LogP contribution in [0.15, 0.2) is 58.1 Å². The van der Waals surface area contributed by atoms with Crippen molar-refractivity contribution < 1.29 is 9.59 Å². The Morgan fingerprint density at radius 1 is 1.16 bits per heavy atom. The van der Waals surface area contributed by atoms with Gasteiger partial charge in [-0.2, -0.15) is 9.98 Å². The number of hydrogen-bond acceptors (Lipinski definition) is 4. The predicted octanol–water partition coefficient (Wildman–Crippen LogP) is 2.79. The minimum absolute atomic E-state index is 0.0782. The highest BCUT2D eigenvalue weighted by Gasteiger charge is 2.07. The minimum atomic E-state index is -0.0782. The van der Waals surface area contributed by atoms with Gasteiger partial charge in [-0.3, -0.25) is 0 Å². The van der Waals surface area contributed by atoms with Gasteiger partial charge in [-0.15, -0.1) is 0 Å². The molecule has 0 N–H and O–H groups in total. The van der Waals surface area contributed by atoms with Gasteiger partial charge in [0.25, 0.3) is 0 Å². The molecule has 0 amide bonds. The zero-order chi connectivity index (χ0) is 13.5. The van der Waals surface area contributed by atoms with E-state index in [0.29, 0.717) is 5.69 Å². The fourth-order valence-corrected chi connectivity index (χ4v) is 1.92. The summed E-state index contributed by atoms with van der Waals surface area (Å²) in [6.45, 7) is 0. The standard InChI is InChI=1S/C15H12N2O2/c18-10-16-14-5-1-12(2-6-14)9-13-3-7-15(8-4-13)17-11-19/h1-7,15H,8-9H2. The molecule has 1 aliphatic rings. The normalized spacial score (nSPS) is 17.1. The second-order valence-corrected chi connectivity index (χ2v) is 4.21. The summed E-state index contributed by atoms with van der Waals surface area (Å²) in [6, 6.07) is 7.35. The molecule has 0 aliphatic heterocycles. The Labute approximate surface area is 110 Å². The van der Waals surface area contributed by atoms with Crippen LogP contribution >= 0.6 is 0 Å². The smallest absolute Gasteiger partial charge is 0.211 e. The number of isocyanates is 2. The largest absolute Gasteiger partial charge is 0.240 e. The fourth-order valence-electron chi connectivity index (χ4n) is 1.92. The van der Waals surface area contributed by atoms with Crippen molar-refractivity contribution in [2.75, 3.05) is 0 Å². The van der Waals surface area contributed by atoms with E-state index < -0.39 is 0 Å². The van der Waals surface area contributed by atoms with E-state index in [1.807, 2.05) is 24.3 Å². The van der Waals surface area contributed by atoms with Crippen molar-refractivity contribution in [2.45, 2.75) is 18.9 Å². The Kier molecular flexibility index (Phi) is 4.35. The number of allylic oxidation sites excluding steroid dienone is 2. The van der Waals surface area contributed by atoms with Crippen LogP contribution in [0, 0.1) is 0 Å². The molecular weight excluding hydrogens is 240 g/mol. The van der Waals surface area contributed by atoms with Crippen LogP contribution in [0.5, 0.6) is 0 Å². The molecule has 1 unspecified atom stereocenters. The molecule has 0 spiro atoms. The number of benzene rings is 1. The van der Waals surface area contributed by atoms with Gasteiger partial charge in [0.15, 0.2) is 0 Å². The van der Waals surface area contributed by atoms with Gasteiger partial charge in [-0.05, 0) is 36.1 Å². The lowest BCUT2D eigenvalue weighted by molar-refractivity contribution is 0.560. The lowest BCUT2D eigenvalue weighted by Gasteiger charge is -2.11. The molecule has 0 saturated carbocycles. The molecule has 0 fully saturated rings. The Balaban J connectivity index is 2.01. The van der Waals surface area contributed by atoms with Crippen LogP contribution in [0.25, 0.3) is 0 Å². The van der Waals surface area contributed by atoms with E-state index >= 15 is 0 Å². The van der Waals surface area contributed by atoms with Crippen molar-refractivity contribution in [3.05, 3.63) is 53.6 Å². The molecule has 0 saturated heterocycles. The van der Waals surface area contributed by atoms with Crippen molar-refractivity contribution >= 4 is 17.8 Å². The van der Waals surface area contributed by atoms with Crippen LogP contribution in [-0.2, 0) is 16.0 Å². The molecule has 0 heterocycles. The lowest BCUT2D eigenvalue weighted by Crippen LogP contribution is -2.03. The predicted molar refractivity (Wildman–Crippen MR) is 71.7 cm³/mol. The topological polar surface area (TPSA) is 58.9 Å². The molecule has 2 rings (SSSR count). The molecule has 4 heteroatoms. The molecule has 4 nitrogen and oxygen atoms in total. The molecule has 1 aliphatic carbocycles. The molecule has 1 atom stereocenters. The molecule has 94 valence electrons. The van der Waals surface area contributed by atoms with Gasteiger partial charge in [0.1, 0.15) is 0 Å². The van der Waals surface area contributed by atoms with Gasteiger partial charge in [0, 0.05) is 0 Å². The van der Waals surface area contributed by atoms with E-state index in [1.165, 1.54) is 11.7 Å². The van der Waals surface area contributed by atoms with Crippen molar-refractivity contribution in [3.63, 3.8) is 0 Å². The fraction of sp³-hybridized carbons (Fsp3) is 0.200. The zero-order valence-electron chi connectivity index (χ0n) is 10.2. The van der Waals surface area contributed by atoms with Gasteiger partial charge >= 0.3 is 0 Å². The summed E-state index contributed by atoms with van der Waals surface area (Å²) in [6.07, 6.45) is 10.6. The van der Waals surface area contributed by atoms with Crippen LogP contribution in [0.2, 0.25) is 0 Å². The highest BCUT2D eigenvalue weighted by Crippen LogP contribution is 2.19. The van der Waals surface area contributed by atoms with E-state index in [0.717, 1.165) is 18.4 Å². The summed E-state index contributed by atoms with van der Waals surface area (Å²) in [4.78, 5) is 27.5. The third-order valence-corrected chi connectivity index (χ3v) is 2.89. The van der Waals surface area contributed by atoms with E-state index in [2.05, 4.69) is 16.1 Å². The monoisotopic (exact) mass is 252 g/mol. The summed E-state index contributed by atoms with van der Waals surface area (Å²) >= 11 is 0. The highest BCUT2D eigenvalue weighted by molar-refractivity contribution is 5.49. The lowest BCUT2D eigenvalue weighted by atomic mass is 9.97. The third kappa shape index (κ3) is 3.71. The number of nitrogens with zero attached hydrogens (tertiary/aromatic N) is 2. The number of rotatable bonds is 4. The van der Waals surface area contributed by atoms with Crippen molar-refractivity contribution in [3.8, 4) is 0 Å². The molecule has 0 bridgehead atoms. The first-order valence-electron chi connectivity index (χ1n) is 5.93. The van der Waals surface area contributed by atoms with Crippen molar-refractivity contribution in [1.82, 2.24) is 0 Å². The van der Waals surface area contributed by atoms with Gasteiger partial charge in [-0.25, -0.2) is 9.59 Å². The van der Waals surface area contributed by atoms with E-state index in [-0.39, 0.29) is 6.04 Å². The average molecular weight is 252 g/mol. The van der Waals surface area contributed by atoms with Crippen LogP contribution in [0.3, 0.4) is 0 Å². The molecule has 0 aromatic heterocycles. The van der Waals surface area contributed by atoms with Gasteiger partial charge < -0.3 is 0 Å². The Morgan fingerprint density at radius 2 is 1.95 bits per heavy atom. The van der Waals surface area contributed by atoms with Crippen molar-refractivity contribution in [2.24, 2.45) is 9.98 Å².